The van der Waals surface area contributed by atoms with Gasteiger partial charge < -0.3 is 36.3 Å². The van der Waals surface area contributed by atoms with Crippen LogP contribution in [0.25, 0.3) is 10.8 Å². The molecule has 4 aromatic rings. The number of carbonyl (C=O) groups is 4. The first-order valence-corrected chi connectivity index (χ1v) is 14.5. The molecule has 4 rings (SSSR count). The average Bonchev–Trinajstić information content (AvgIpc) is 3.04. The molecule has 11 nitrogen and oxygen atoms in total. The van der Waals surface area contributed by atoms with Crippen molar-refractivity contribution in [2.75, 3.05) is 19.7 Å². The van der Waals surface area contributed by atoms with Crippen LogP contribution in [0.15, 0.2) is 91.0 Å². The SMILES string of the molecule is NC(=O)CNC(=O)c1cc2ccccc2cc1OCCCCNC(=O)C(Cc1ccc(O)cc1)NC(=O)OCc1ccccc1. The molecule has 0 fully saturated rings. The standard InChI is InChI=1S/C34H36N4O7/c35-31(40)21-37-32(41)28-19-25-10-4-5-11-26(25)20-30(28)44-17-7-6-16-36-33(42)29(18-23-12-14-27(39)15-13-23)38-34(43)45-22-24-8-2-1-3-9-24/h1-5,8-15,19-20,29,39H,6-7,16-18,21-22H2,(H2,35,40)(H,36,42)(H,37,41)(H,38,43). The van der Waals surface area contributed by atoms with E-state index in [2.05, 4.69) is 16.0 Å². The third-order valence-electron chi connectivity index (χ3n) is 6.84. The number of benzene rings is 4. The third-order valence-corrected chi connectivity index (χ3v) is 6.84. The molecule has 0 spiro atoms. The van der Waals surface area contributed by atoms with Gasteiger partial charge in [0.2, 0.25) is 11.8 Å². The summed E-state index contributed by atoms with van der Waals surface area (Å²) in [6.07, 6.45) is 0.590. The number of hydrogen-bond donors (Lipinski definition) is 5. The molecular weight excluding hydrogens is 576 g/mol. The van der Waals surface area contributed by atoms with Gasteiger partial charge in [-0.1, -0.05) is 66.7 Å². The highest BCUT2D eigenvalue weighted by atomic mass is 16.5. The molecule has 0 aromatic heterocycles. The summed E-state index contributed by atoms with van der Waals surface area (Å²) in [5.41, 5.74) is 7.01. The van der Waals surface area contributed by atoms with Crippen molar-refractivity contribution in [1.29, 1.82) is 0 Å². The Morgan fingerprint density at radius 3 is 2.20 bits per heavy atom. The fourth-order valence-electron chi connectivity index (χ4n) is 4.51. The summed E-state index contributed by atoms with van der Waals surface area (Å²) in [5.74, 6) is -1.05. The molecule has 11 heteroatoms. The zero-order valence-corrected chi connectivity index (χ0v) is 24.7. The molecular formula is C34H36N4O7. The number of fused-ring (bicyclic) bond motifs is 1. The molecule has 6 N–H and O–H groups in total. The molecule has 0 bridgehead atoms. The van der Waals surface area contributed by atoms with E-state index in [0.717, 1.165) is 21.9 Å². The first kappa shape index (κ1) is 32.3. The summed E-state index contributed by atoms with van der Waals surface area (Å²) >= 11 is 0. The number of amides is 4. The summed E-state index contributed by atoms with van der Waals surface area (Å²) in [5, 5.41) is 19.3. The zero-order chi connectivity index (χ0) is 32.0. The number of phenolic OH excluding ortho intramolecular Hbond substituents is 1. The molecule has 1 unspecified atom stereocenters. The maximum atomic E-state index is 13.1. The minimum Gasteiger partial charge on any atom is -0.508 e. The topological polar surface area (TPSA) is 169 Å². The Morgan fingerprint density at radius 1 is 0.800 bits per heavy atom. The van der Waals surface area contributed by atoms with Crippen LogP contribution in [0, 0.1) is 0 Å². The van der Waals surface area contributed by atoms with Gasteiger partial charge in [-0.25, -0.2) is 4.79 Å². The lowest BCUT2D eigenvalue weighted by Gasteiger charge is -2.19. The first-order valence-electron chi connectivity index (χ1n) is 14.5. The first-order chi connectivity index (χ1) is 21.8. The number of unbranched alkanes of at least 4 members (excludes halogenated alkanes) is 1. The van der Waals surface area contributed by atoms with Gasteiger partial charge in [-0.2, -0.15) is 0 Å². The van der Waals surface area contributed by atoms with Crippen LogP contribution in [0.1, 0.15) is 34.3 Å². The molecule has 234 valence electrons. The van der Waals surface area contributed by atoms with Gasteiger partial charge in [-0.3, -0.25) is 14.4 Å². The number of carbonyl (C=O) groups excluding carboxylic acids is 4. The van der Waals surface area contributed by atoms with E-state index < -0.39 is 23.9 Å². The van der Waals surface area contributed by atoms with E-state index in [1.807, 2.05) is 54.6 Å². The summed E-state index contributed by atoms with van der Waals surface area (Å²) in [4.78, 5) is 49.5. The van der Waals surface area contributed by atoms with Crippen LogP contribution in [0.4, 0.5) is 4.79 Å². The number of nitrogens with one attached hydrogen (secondary N) is 3. The Kier molecular flexibility index (Phi) is 11.7. The lowest BCUT2D eigenvalue weighted by Crippen LogP contribution is -2.48. The van der Waals surface area contributed by atoms with Crippen LogP contribution in [0.2, 0.25) is 0 Å². The summed E-state index contributed by atoms with van der Waals surface area (Å²) in [6, 6.07) is 25.7. The number of phenols is 1. The van der Waals surface area contributed by atoms with Gasteiger partial charge in [0.15, 0.2) is 0 Å². The Balaban J connectivity index is 1.30. The van der Waals surface area contributed by atoms with Crippen LogP contribution in [0.5, 0.6) is 11.5 Å². The minimum absolute atomic E-state index is 0.0615. The quantitative estimate of drug-likeness (QED) is 0.128. The van der Waals surface area contributed by atoms with Crippen molar-refractivity contribution in [3.05, 3.63) is 108 Å². The molecule has 45 heavy (non-hydrogen) atoms. The van der Waals surface area contributed by atoms with Gasteiger partial charge in [0.25, 0.3) is 5.91 Å². The van der Waals surface area contributed by atoms with Crippen molar-refractivity contribution in [2.24, 2.45) is 5.73 Å². The largest absolute Gasteiger partial charge is 0.508 e. The normalized spacial score (nSPS) is 11.3. The fourth-order valence-corrected chi connectivity index (χ4v) is 4.51. The highest BCUT2D eigenvalue weighted by molar-refractivity contribution is 6.02. The fraction of sp³-hybridized carbons (Fsp3) is 0.235. The molecule has 0 saturated carbocycles. The Labute approximate surface area is 260 Å². The molecule has 0 radical (unpaired) electrons. The molecule has 0 aliphatic carbocycles. The van der Waals surface area contributed by atoms with Crippen molar-refractivity contribution < 1.29 is 33.8 Å². The molecule has 0 saturated heterocycles. The number of ether oxygens (including phenoxy) is 2. The summed E-state index contributed by atoms with van der Waals surface area (Å²) < 4.78 is 11.3. The Hall–Kier alpha value is -5.58. The summed E-state index contributed by atoms with van der Waals surface area (Å²) in [7, 11) is 0. The zero-order valence-electron chi connectivity index (χ0n) is 24.7. The van der Waals surface area contributed by atoms with Gasteiger partial charge in [0, 0.05) is 13.0 Å². The minimum atomic E-state index is -0.909. The number of primary amides is 1. The third kappa shape index (κ3) is 10.3. The number of rotatable bonds is 15. The van der Waals surface area contributed by atoms with E-state index in [9.17, 15) is 24.3 Å². The maximum Gasteiger partial charge on any atom is 0.408 e. The Morgan fingerprint density at radius 2 is 1.49 bits per heavy atom. The molecule has 0 aliphatic rings. The molecule has 1 atom stereocenters. The second kappa shape index (κ2) is 16.3. The van der Waals surface area contributed by atoms with Crippen LogP contribution in [-0.2, 0) is 27.4 Å². The average molecular weight is 613 g/mol. The van der Waals surface area contributed by atoms with E-state index >= 15 is 0 Å². The monoisotopic (exact) mass is 612 g/mol. The highest BCUT2D eigenvalue weighted by Gasteiger charge is 2.22. The maximum absolute atomic E-state index is 13.1. The predicted molar refractivity (Wildman–Crippen MR) is 169 cm³/mol. The summed E-state index contributed by atoms with van der Waals surface area (Å²) in [6.45, 7) is 0.355. The molecule has 4 aromatic carbocycles. The van der Waals surface area contributed by atoms with E-state index in [1.54, 1.807) is 24.3 Å². The van der Waals surface area contributed by atoms with Crippen LogP contribution >= 0.6 is 0 Å². The van der Waals surface area contributed by atoms with Gasteiger partial charge in [0.05, 0.1) is 18.7 Å². The molecule has 0 aliphatic heterocycles. The van der Waals surface area contributed by atoms with E-state index in [-0.39, 0.29) is 43.4 Å². The second-order valence-corrected chi connectivity index (χ2v) is 10.3. The van der Waals surface area contributed by atoms with E-state index in [4.69, 9.17) is 15.2 Å². The predicted octanol–water partition coefficient (Wildman–Crippen LogP) is 3.57. The van der Waals surface area contributed by atoms with Crippen LogP contribution in [0.3, 0.4) is 0 Å². The number of alkyl carbamates (subject to hydrolysis) is 1. The van der Waals surface area contributed by atoms with Crippen molar-refractivity contribution in [1.82, 2.24) is 16.0 Å². The van der Waals surface area contributed by atoms with Gasteiger partial charge in [0.1, 0.15) is 24.1 Å². The van der Waals surface area contributed by atoms with Crippen LogP contribution in [-0.4, -0.2) is 54.7 Å². The lowest BCUT2D eigenvalue weighted by molar-refractivity contribution is -0.123. The van der Waals surface area contributed by atoms with Crippen molar-refractivity contribution in [3.8, 4) is 11.5 Å². The van der Waals surface area contributed by atoms with Gasteiger partial charge in [-0.05, 0) is 59.0 Å². The van der Waals surface area contributed by atoms with Crippen LogP contribution < -0.4 is 26.4 Å². The van der Waals surface area contributed by atoms with E-state index in [0.29, 0.717) is 25.1 Å². The van der Waals surface area contributed by atoms with Crippen molar-refractivity contribution in [2.45, 2.75) is 31.9 Å². The van der Waals surface area contributed by atoms with Gasteiger partial charge >= 0.3 is 6.09 Å². The number of nitrogens with two attached hydrogens (primary N) is 1. The molecule has 0 heterocycles. The van der Waals surface area contributed by atoms with E-state index in [1.165, 1.54) is 12.1 Å². The highest BCUT2D eigenvalue weighted by Crippen LogP contribution is 2.26. The second-order valence-electron chi connectivity index (χ2n) is 10.3. The van der Waals surface area contributed by atoms with Crippen molar-refractivity contribution >= 4 is 34.6 Å². The van der Waals surface area contributed by atoms with Gasteiger partial charge in [-0.15, -0.1) is 0 Å². The van der Waals surface area contributed by atoms with Crippen molar-refractivity contribution in [3.63, 3.8) is 0 Å². The number of aromatic hydroxyl groups is 1. The molecule has 4 amide bonds. The lowest BCUT2D eigenvalue weighted by atomic mass is 10.0. The number of hydrogen-bond acceptors (Lipinski definition) is 7. The Bertz CT molecular complexity index is 1610. The smallest absolute Gasteiger partial charge is 0.408 e.